The molecule has 0 aliphatic carbocycles. The SMILES string of the molecule is CCC(C)C(=O)Nc1n[nH]c(C(F)(F)F)n1. The molecule has 0 bridgehead atoms. The second-order valence-electron chi connectivity index (χ2n) is 3.30. The van der Waals surface area contributed by atoms with Crippen LogP contribution in [0.4, 0.5) is 19.1 Å². The lowest BCUT2D eigenvalue weighted by Gasteiger charge is -2.06. The molecule has 2 N–H and O–H groups in total. The number of amides is 1. The van der Waals surface area contributed by atoms with Crippen LogP contribution in [0.2, 0.25) is 0 Å². The van der Waals surface area contributed by atoms with Crippen LogP contribution in [-0.2, 0) is 11.0 Å². The predicted molar refractivity (Wildman–Crippen MR) is 49.5 cm³/mol. The Labute approximate surface area is 89.4 Å². The summed E-state index contributed by atoms with van der Waals surface area (Å²) in [4.78, 5) is 14.4. The molecule has 1 rings (SSSR count). The number of aromatic nitrogens is 3. The van der Waals surface area contributed by atoms with E-state index in [1.807, 2.05) is 0 Å². The Hall–Kier alpha value is -1.60. The lowest BCUT2D eigenvalue weighted by molar-refractivity contribution is -0.144. The fraction of sp³-hybridized carbons (Fsp3) is 0.625. The molecule has 1 aromatic rings. The van der Waals surface area contributed by atoms with E-state index in [-0.39, 0.29) is 11.9 Å². The number of rotatable bonds is 3. The van der Waals surface area contributed by atoms with Gasteiger partial charge in [0.05, 0.1) is 0 Å². The number of hydrogen-bond donors (Lipinski definition) is 2. The summed E-state index contributed by atoms with van der Waals surface area (Å²) in [5.74, 6) is -2.30. The molecule has 0 aliphatic heterocycles. The summed E-state index contributed by atoms with van der Waals surface area (Å²) in [6.45, 7) is 3.45. The highest BCUT2D eigenvalue weighted by atomic mass is 19.4. The Morgan fingerprint density at radius 1 is 1.56 bits per heavy atom. The molecule has 0 aromatic carbocycles. The minimum absolute atomic E-state index is 0.298. The van der Waals surface area contributed by atoms with Gasteiger partial charge in [-0.1, -0.05) is 13.8 Å². The first-order valence-electron chi connectivity index (χ1n) is 4.65. The summed E-state index contributed by atoms with van der Waals surface area (Å²) in [5, 5.41) is 7.15. The number of carbonyl (C=O) groups is 1. The van der Waals surface area contributed by atoms with Crippen LogP contribution < -0.4 is 5.32 Å². The standard InChI is InChI=1S/C8H11F3N4O/c1-3-4(2)5(16)12-7-13-6(14-15-7)8(9,10)11/h4H,3H2,1-2H3,(H2,12,13,14,15,16). The first-order chi connectivity index (χ1) is 7.34. The summed E-state index contributed by atoms with van der Waals surface area (Å²) < 4.78 is 36.4. The molecule has 0 aliphatic rings. The van der Waals surface area contributed by atoms with Crippen LogP contribution in [0.15, 0.2) is 0 Å². The molecule has 1 atom stereocenters. The van der Waals surface area contributed by atoms with Crippen molar-refractivity contribution in [2.75, 3.05) is 5.32 Å². The summed E-state index contributed by atoms with van der Waals surface area (Å²) in [5.41, 5.74) is 0. The molecule has 1 heterocycles. The van der Waals surface area contributed by atoms with Crippen molar-refractivity contribution < 1.29 is 18.0 Å². The number of aromatic amines is 1. The monoisotopic (exact) mass is 236 g/mol. The molecule has 0 saturated heterocycles. The summed E-state index contributed by atoms with van der Waals surface area (Å²) in [6, 6.07) is 0. The van der Waals surface area contributed by atoms with Crippen molar-refractivity contribution in [3.63, 3.8) is 0 Å². The summed E-state index contributed by atoms with van der Waals surface area (Å²) in [7, 11) is 0. The van der Waals surface area contributed by atoms with E-state index in [1.54, 1.807) is 18.9 Å². The molecule has 1 unspecified atom stereocenters. The fourth-order valence-corrected chi connectivity index (χ4v) is 0.863. The second-order valence-corrected chi connectivity index (χ2v) is 3.30. The molecule has 0 fully saturated rings. The van der Waals surface area contributed by atoms with Crippen LogP contribution in [0.5, 0.6) is 0 Å². The zero-order valence-electron chi connectivity index (χ0n) is 8.72. The van der Waals surface area contributed by atoms with Gasteiger partial charge in [-0.3, -0.25) is 15.2 Å². The van der Waals surface area contributed by atoms with E-state index in [0.29, 0.717) is 6.42 Å². The number of anilines is 1. The highest BCUT2D eigenvalue weighted by Gasteiger charge is 2.35. The fourth-order valence-electron chi connectivity index (χ4n) is 0.863. The van der Waals surface area contributed by atoms with Crippen LogP contribution in [0.3, 0.4) is 0 Å². The minimum Gasteiger partial charge on any atom is -0.293 e. The van der Waals surface area contributed by atoms with Gasteiger partial charge in [0.1, 0.15) is 0 Å². The number of carbonyl (C=O) groups excluding carboxylic acids is 1. The van der Waals surface area contributed by atoms with E-state index in [1.165, 1.54) is 0 Å². The smallest absolute Gasteiger partial charge is 0.293 e. The first-order valence-corrected chi connectivity index (χ1v) is 4.65. The molecule has 0 radical (unpaired) electrons. The van der Waals surface area contributed by atoms with Gasteiger partial charge in [0.2, 0.25) is 17.7 Å². The topological polar surface area (TPSA) is 70.7 Å². The van der Waals surface area contributed by atoms with Crippen LogP contribution in [-0.4, -0.2) is 21.1 Å². The average molecular weight is 236 g/mol. The normalized spacial score (nSPS) is 13.6. The number of alkyl halides is 3. The average Bonchev–Trinajstić information content (AvgIpc) is 2.64. The van der Waals surface area contributed by atoms with E-state index < -0.39 is 17.9 Å². The van der Waals surface area contributed by atoms with Crippen molar-refractivity contribution in [2.45, 2.75) is 26.4 Å². The predicted octanol–water partition coefficient (Wildman–Crippen LogP) is 1.81. The van der Waals surface area contributed by atoms with E-state index in [0.717, 1.165) is 0 Å². The number of hydrogen-bond acceptors (Lipinski definition) is 3. The van der Waals surface area contributed by atoms with E-state index >= 15 is 0 Å². The molecule has 0 saturated carbocycles. The van der Waals surface area contributed by atoms with E-state index in [2.05, 4.69) is 15.4 Å². The lowest BCUT2D eigenvalue weighted by Crippen LogP contribution is -2.20. The zero-order valence-corrected chi connectivity index (χ0v) is 8.72. The van der Waals surface area contributed by atoms with Gasteiger partial charge in [-0.2, -0.15) is 18.2 Å². The Morgan fingerprint density at radius 3 is 2.62 bits per heavy atom. The number of halogens is 3. The molecular weight excluding hydrogens is 225 g/mol. The van der Waals surface area contributed by atoms with Crippen molar-refractivity contribution in [3.05, 3.63) is 5.82 Å². The first kappa shape index (κ1) is 12.5. The molecule has 5 nitrogen and oxygen atoms in total. The zero-order chi connectivity index (χ0) is 12.3. The molecule has 90 valence electrons. The van der Waals surface area contributed by atoms with Gasteiger partial charge in [-0.05, 0) is 6.42 Å². The number of H-pyrrole nitrogens is 1. The van der Waals surface area contributed by atoms with Gasteiger partial charge in [-0.25, -0.2) is 0 Å². The van der Waals surface area contributed by atoms with Crippen LogP contribution in [0.25, 0.3) is 0 Å². The molecule has 1 amide bonds. The molecule has 8 heteroatoms. The maximum absolute atomic E-state index is 12.1. The van der Waals surface area contributed by atoms with Crippen molar-refractivity contribution in [1.82, 2.24) is 15.2 Å². The summed E-state index contributed by atoms with van der Waals surface area (Å²) >= 11 is 0. The van der Waals surface area contributed by atoms with Crippen LogP contribution in [0.1, 0.15) is 26.1 Å². The third kappa shape index (κ3) is 2.94. The Kier molecular flexibility index (Phi) is 3.51. The Balaban J connectivity index is 2.70. The molecule has 1 aromatic heterocycles. The summed E-state index contributed by atoms with van der Waals surface area (Å²) in [6.07, 6.45) is -4.01. The highest BCUT2D eigenvalue weighted by molar-refractivity contribution is 5.90. The maximum Gasteiger partial charge on any atom is 0.451 e. The maximum atomic E-state index is 12.1. The number of nitrogens with one attached hydrogen (secondary N) is 2. The molecule has 0 spiro atoms. The minimum atomic E-state index is -4.59. The third-order valence-electron chi connectivity index (χ3n) is 2.05. The van der Waals surface area contributed by atoms with Gasteiger partial charge in [0.15, 0.2) is 0 Å². The van der Waals surface area contributed by atoms with Gasteiger partial charge >= 0.3 is 6.18 Å². The van der Waals surface area contributed by atoms with Crippen molar-refractivity contribution >= 4 is 11.9 Å². The molecule has 16 heavy (non-hydrogen) atoms. The highest BCUT2D eigenvalue weighted by Crippen LogP contribution is 2.26. The Bertz CT molecular complexity index is 374. The van der Waals surface area contributed by atoms with Crippen molar-refractivity contribution in [1.29, 1.82) is 0 Å². The van der Waals surface area contributed by atoms with E-state index in [9.17, 15) is 18.0 Å². The van der Waals surface area contributed by atoms with Crippen molar-refractivity contribution in [3.8, 4) is 0 Å². The second kappa shape index (κ2) is 4.50. The van der Waals surface area contributed by atoms with Crippen molar-refractivity contribution in [2.24, 2.45) is 5.92 Å². The molecular formula is C8H11F3N4O. The lowest BCUT2D eigenvalue weighted by atomic mass is 10.1. The van der Waals surface area contributed by atoms with Gasteiger partial charge in [0, 0.05) is 5.92 Å². The van der Waals surface area contributed by atoms with Crippen LogP contribution >= 0.6 is 0 Å². The Morgan fingerprint density at radius 2 is 2.19 bits per heavy atom. The van der Waals surface area contributed by atoms with Crippen LogP contribution in [0, 0.1) is 5.92 Å². The largest absolute Gasteiger partial charge is 0.451 e. The number of nitrogens with zero attached hydrogens (tertiary/aromatic N) is 2. The van der Waals surface area contributed by atoms with Gasteiger partial charge < -0.3 is 0 Å². The van der Waals surface area contributed by atoms with Gasteiger partial charge in [-0.15, -0.1) is 5.10 Å². The van der Waals surface area contributed by atoms with E-state index in [4.69, 9.17) is 0 Å². The third-order valence-corrected chi connectivity index (χ3v) is 2.05. The van der Waals surface area contributed by atoms with Gasteiger partial charge in [0.25, 0.3) is 0 Å². The quantitative estimate of drug-likeness (QED) is 0.840.